The first kappa shape index (κ1) is 15.6. The van der Waals surface area contributed by atoms with Crippen molar-refractivity contribution in [3.63, 3.8) is 0 Å². The van der Waals surface area contributed by atoms with E-state index in [4.69, 9.17) is 0 Å². The Morgan fingerprint density at radius 3 is 2.44 bits per heavy atom. The van der Waals surface area contributed by atoms with Gasteiger partial charge in [0, 0.05) is 5.56 Å². The topological polar surface area (TPSA) is 12.0 Å². The molecule has 4 heteroatoms. The molecule has 0 aliphatic rings. The molecule has 1 atom stereocenters. The summed E-state index contributed by atoms with van der Waals surface area (Å²) in [6.45, 7) is 7.95. The summed E-state index contributed by atoms with van der Waals surface area (Å²) >= 11 is 3.08. The van der Waals surface area contributed by atoms with Crippen LogP contribution in [0.5, 0.6) is 0 Å². The molecule has 1 rings (SSSR count). The summed E-state index contributed by atoms with van der Waals surface area (Å²) in [7, 11) is 0. The van der Waals surface area contributed by atoms with Gasteiger partial charge >= 0.3 is 0 Å². The maximum absolute atomic E-state index is 13.8. The third-order valence-electron chi connectivity index (χ3n) is 2.74. The molecule has 0 radical (unpaired) electrons. The fourth-order valence-corrected chi connectivity index (χ4v) is 2.17. The predicted octanol–water partition coefficient (Wildman–Crippen LogP) is 4.15. The molecule has 0 bridgehead atoms. The van der Waals surface area contributed by atoms with Gasteiger partial charge in [-0.15, -0.1) is 0 Å². The average Bonchev–Trinajstić information content (AvgIpc) is 2.29. The maximum Gasteiger partial charge on any atom is 0.143 e. The highest BCUT2D eigenvalue weighted by molar-refractivity contribution is 9.10. The van der Waals surface area contributed by atoms with Gasteiger partial charge < -0.3 is 5.32 Å². The summed E-state index contributed by atoms with van der Waals surface area (Å²) in [4.78, 5) is 0. The quantitative estimate of drug-likeness (QED) is 0.777. The van der Waals surface area contributed by atoms with E-state index >= 15 is 0 Å². The SMILES string of the molecule is CC(C)CNCC(C)Cc1c(F)ccc(Br)c1F. The predicted molar refractivity (Wildman–Crippen MR) is 74.6 cm³/mol. The zero-order chi connectivity index (χ0) is 13.7. The molecule has 0 saturated heterocycles. The zero-order valence-corrected chi connectivity index (χ0v) is 12.7. The first-order valence-electron chi connectivity index (χ1n) is 6.25. The van der Waals surface area contributed by atoms with E-state index in [0.717, 1.165) is 13.1 Å². The summed E-state index contributed by atoms with van der Waals surface area (Å²) in [5.41, 5.74) is 0.170. The lowest BCUT2D eigenvalue weighted by Crippen LogP contribution is -2.26. The highest BCUT2D eigenvalue weighted by Gasteiger charge is 2.15. The van der Waals surface area contributed by atoms with Crippen LogP contribution in [-0.4, -0.2) is 13.1 Å². The summed E-state index contributed by atoms with van der Waals surface area (Å²) in [6, 6.07) is 2.70. The first-order valence-corrected chi connectivity index (χ1v) is 7.04. The standard InChI is InChI=1S/C14H20BrF2N/c1-9(2)7-18-8-10(3)6-11-13(16)5-4-12(15)14(11)17/h4-5,9-10,18H,6-8H2,1-3H3. The second kappa shape index (κ2) is 7.19. The first-order chi connectivity index (χ1) is 8.41. The van der Waals surface area contributed by atoms with E-state index in [2.05, 4.69) is 35.1 Å². The van der Waals surface area contributed by atoms with Crippen LogP contribution in [0.15, 0.2) is 16.6 Å². The number of nitrogens with one attached hydrogen (secondary N) is 1. The molecule has 0 aromatic heterocycles. The largest absolute Gasteiger partial charge is 0.316 e. The molecule has 102 valence electrons. The van der Waals surface area contributed by atoms with E-state index in [1.54, 1.807) is 0 Å². The van der Waals surface area contributed by atoms with Gasteiger partial charge in [-0.3, -0.25) is 0 Å². The molecule has 1 unspecified atom stereocenters. The monoisotopic (exact) mass is 319 g/mol. The van der Waals surface area contributed by atoms with Crippen LogP contribution < -0.4 is 5.32 Å². The van der Waals surface area contributed by atoms with Crippen molar-refractivity contribution in [2.45, 2.75) is 27.2 Å². The van der Waals surface area contributed by atoms with Gasteiger partial charge in [-0.2, -0.15) is 0 Å². The number of rotatable bonds is 6. The highest BCUT2D eigenvalue weighted by atomic mass is 79.9. The van der Waals surface area contributed by atoms with Crippen molar-refractivity contribution in [3.05, 3.63) is 33.8 Å². The molecular weight excluding hydrogens is 300 g/mol. The molecule has 1 N–H and O–H groups in total. The molecule has 0 heterocycles. The highest BCUT2D eigenvalue weighted by Crippen LogP contribution is 2.23. The molecule has 0 aliphatic heterocycles. The molecule has 1 nitrogen and oxygen atoms in total. The maximum atomic E-state index is 13.8. The van der Waals surface area contributed by atoms with E-state index < -0.39 is 11.6 Å². The third kappa shape index (κ3) is 4.65. The van der Waals surface area contributed by atoms with Crippen molar-refractivity contribution in [2.75, 3.05) is 13.1 Å². The van der Waals surface area contributed by atoms with Crippen molar-refractivity contribution < 1.29 is 8.78 Å². The molecule has 0 amide bonds. The summed E-state index contributed by atoms with van der Waals surface area (Å²) in [5, 5.41) is 3.30. The van der Waals surface area contributed by atoms with Crippen LogP contribution in [0, 0.1) is 23.5 Å². The molecule has 18 heavy (non-hydrogen) atoms. The van der Waals surface area contributed by atoms with Gasteiger partial charge in [-0.05, 0) is 59.4 Å². The number of hydrogen-bond acceptors (Lipinski definition) is 1. The molecule has 0 fully saturated rings. The van der Waals surface area contributed by atoms with Gasteiger partial charge in [0.2, 0.25) is 0 Å². The van der Waals surface area contributed by atoms with Crippen molar-refractivity contribution in [2.24, 2.45) is 11.8 Å². The normalized spacial score (nSPS) is 13.1. The van der Waals surface area contributed by atoms with Gasteiger partial charge in [0.05, 0.1) is 4.47 Å². The molecular formula is C14H20BrF2N. The Hall–Kier alpha value is -0.480. The molecule has 0 spiro atoms. The van der Waals surface area contributed by atoms with Crippen molar-refractivity contribution in [3.8, 4) is 0 Å². The van der Waals surface area contributed by atoms with Gasteiger partial charge in [-0.25, -0.2) is 8.78 Å². The fraction of sp³-hybridized carbons (Fsp3) is 0.571. The Morgan fingerprint density at radius 1 is 1.17 bits per heavy atom. The Balaban J connectivity index is 2.59. The smallest absolute Gasteiger partial charge is 0.143 e. The van der Waals surface area contributed by atoms with E-state index in [0.29, 0.717) is 16.8 Å². The van der Waals surface area contributed by atoms with Crippen LogP contribution >= 0.6 is 15.9 Å². The summed E-state index contributed by atoms with van der Waals surface area (Å²) < 4.78 is 27.6. The Labute approximate surface area is 116 Å². The molecule has 0 saturated carbocycles. The lowest BCUT2D eigenvalue weighted by atomic mass is 10.00. The van der Waals surface area contributed by atoms with Crippen molar-refractivity contribution in [1.82, 2.24) is 5.32 Å². The van der Waals surface area contributed by atoms with E-state index in [1.807, 2.05) is 6.92 Å². The van der Waals surface area contributed by atoms with Crippen LogP contribution in [0.2, 0.25) is 0 Å². The summed E-state index contributed by atoms with van der Waals surface area (Å²) in [5.74, 6) is -0.171. The van der Waals surface area contributed by atoms with Crippen molar-refractivity contribution >= 4 is 15.9 Å². The number of halogens is 3. The lowest BCUT2D eigenvalue weighted by Gasteiger charge is -2.15. The van der Waals surface area contributed by atoms with Crippen LogP contribution in [0.4, 0.5) is 8.78 Å². The van der Waals surface area contributed by atoms with Crippen LogP contribution in [0.1, 0.15) is 26.3 Å². The van der Waals surface area contributed by atoms with E-state index in [9.17, 15) is 8.78 Å². The van der Waals surface area contributed by atoms with Gasteiger partial charge in [0.15, 0.2) is 0 Å². The van der Waals surface area contributed by atoms with E-state index in [1.165, 1.54) is 12.1 Å². The van der Waals surface area contributed by atoms with Gasteiger partial charge in [0.1, 0.15) is 11.6 Å². The van der Waals surface area contributed by atoms with Crippen molar-refractivity contribution in [1.29, 1.82) is 0 Å². The minimum Gasteiger partial charge on any atom is -0.316 e. The third-order valence-corrected chi connectivity index (χ3v) is 3.35. The molecule has 0 aliphatic carbocycles. The van der Waals surface area contributed by atoms with Crippen LogP contribution in [-0.2, 0) is 6.42 Å². The average molecular weight is 320 g/mol. The fourth-order valence-electron chi connectivity index (χ4n) is 1.80. The lowest BCUT2D eigenvalue weighted by molar-refractivity contribution is 0.454. The minimum atomic E-state index is -0.481. The Bertz CT molecular complexity index is 394. The van der Waals surface area contributed by atoms with Crippen LogP contribution in [0.3, 0.4) is 0 Å². The number of hydrogen-bond donors (Lipinski definition) is 1. The molecule has 1 aromatic carbocycles. The summed E-state index contributed by atoms with van der Waals surface area (Å²) in [6.07, 6.45) is 0.405. The minimum absolute atomic E-state index is 0.170. The number of benzene rings is 1. The second-order valence-corrected chi connectivity index (χ2v) is 6.04. The second-order valence-electron chi connectivity index (χ2n) is 5.18. The van der Waals surface area contributed by atoms with Gasteiger partial charge in [-0.1, -0.05) is 20.8 Å². The Morgan fingerprint density at radius 2 is 1.83 bits per heavy atom. The Kier molecular flexibility index (Phi) is 6.22. The zero-order valence-electron chi connectivity index (χ0n) is 11.1. The van der Waals surface area contributed by atoms with E-state index in [-0.39, 0.29) is 11.5 Å². The van der Waals surface area contributed by atoms with Gasteiger partial charge in [0.25, 0.3) is 0 Å². The molecule has 1 aromatic rings. The van der Waals surface area contributed by atoms with Crippen LogP contribution in [0.25, 0.3) is 0 Å².